The Balaban J connectivity index is 1.95. The molecule has 2 bridgehead atoms. The van der Waals surface area contributed by atoms with Crippen LogP contribution in [0.3, 0.4) is 0 Å². The van der Waals surface area contributed by atoms with Crippen molar-refractivity contribution in [3.63, 3.8) is 0 Å². The first-order chi connectivity index (χ1) is 12.7. The molecule has 27 heavy (non-hydrogen) atoms. The molecule has 0 spiro atoms. The standard InChI is InChI=1S/C22H29NO4/c1-21(2,3)27-20(26)17-14(19(24)25)8-7-13-12-16-15-6-4-5-9-22(15,18(13)17)10-11-23-16/h7-8,15-16,23H,4-6,9-12H2,1-3H3,(H,24,25)/t15-,16+,22-/m0/s1. The third-order valence-electron chi connectivity index (χ3n) is 6.62. The van der Waals surface area contributed by atoms with Crippen LogP contribution in [-0.4, -0.2) is 35.2 Å². The molecule has 1 saturated carbocycles. The molecule has 5 nitrogen and oxygen atoms in total. The maximum absolute atomic E-state index is 13.2. The first-order valence-electron chi connectivity index (χ1n) is 10.1. The summed E-state index contributed by atoms with van der Waals surface area (Å²) in [6.45, 7) is 6.39. The number of hydrogen-bond donors (Lipinski definition) is 2. The summed E-state index contributed by atoms with van der Waals surface area (Å²) in [5.74, 6) is -1.08. The largest absolute Gasteiger partial charge is 0.478 e. The summed E-state index contributed by atoms with van der Waals surface area (Å²) in [5.41, 5.74) is 1.74. The van der Waals surface area contributed by atoms with Gasteiger partial charge >= 0.3 is 11.9 Å². The Bertz CT molecular complexity index is 790. The van der Waals surface area contributed by atoms with E-state index in [1.54, 1.807) is 6.07 Å². The van der Waals surface area contributed by atoms with E-state index < -0.39 is 17.5 Å². The number of ether oxygens (including phenoxy) is 1. The van der Waals surface area contributed by atoms with Crippen molar-refractivity contribution in [3.05, 3.63) is 34.4 Å². The molecule has 0 amide bonds. The number of carboxylic acid groups (broad SMARTS) is 1. The summed E-state index contributed by atoms with van der Waals surface area (Å²) in [5, 5.41) is 13.5. The maximum Gasteiger partial charge on any atom is 0.339 e. The number of fused-ring (bicyclic) bond motifs is 1. The highest BCUT2D eigenvalue weighted by Gasteiger charge is 2.53. The van der Waals surface area contributed by atoms with Crippen LogP contribution in [0.1, 0.15) is 84.7 Å². The average Bonchev–Trinajstić information content (AvgIpc) is 2.59. The lowest BCUT2D eigenvalue weighted by atomic mass is 9.52. The fourth-order valence-electron chi connectivity index (χ4n) is 5.78. The summed E-state index contributed by atoms with van der Waals surface area (Å²) in [6.07, 6.45) is 6.33. The summed E-state index contributed by atoms with van der Waals surface area (Å²) in [7, 11) is 0. The van der Waals surface area contributed by atoms with Gasteiger partial charge in [-0.3, -0.25) is 0 Å². The second-order valence-corrected chi connectivity index (χ2v) is 9.35. The van der Waals surface area contributed by atoms with Crippen molar-refractivity contribution in [1.82, 2.24) is 5.32 Å². The van der Waals surface area contributed by atoms with Gasteiger partial charge in [-0.25, -0.2) is 9.59 Å². The van der Waals surface area contributed by atoms with Crippen LogP contribution in [0.15, 0.2) is 12.1 Å². The molecule has 1 aromatic carbocycles. The number of carbonyl (C=O) groups excluding carboxylic acids is 1. The predicted molar refractivity (Wildman–Crippen MR) is 102 cm³/mol. The number of carbonyl (C=O) groups is 2. The topological polar surface area (TPSA) is 75.6 Å². The van der Waals surface area contributed by atoms with Crippen LogP contribution in [0.5, 0.6) is 0 Å². The molecule has 2 aliphatic carbocycles. The minimum Gasteiger partial charge on any atom is -0.478 e. The number of hydrogen-bond acceptors (Lipinski definition) is 4. The van der Waals surface area contributed by atoms with Crippen molar-refractivity contribution in [3.8, 4) is 0 Å². The highest BCUT2D eigenvalue weighted by molar-refractivity contribution is 6.04. The lowest BCUT2D eigenvalue weighted by molar-refractivity contribution is 0.00534. The molecule has 146 valence electrons. The molecule has 2 N–H and O–H groups in total. The smallest absolute Gasteiger partial charge is 0.339 e. The lowest BCUT2D eigenvalue weighted by Crippen LogP contribution is -2.60. The van der Waals surface area contributed by atoms with Gasteiger partial charge in [-0.15, -0.1) is 0 Å². The quantitative estimate of drug-likeness (QED) is 0.776. The zero-order chi connectivity index (χ0) is 19.4. The Morgan fingerprint density at radius 2 is 2.00 bits per heavy atom. The molecule has 0 aromatic heterocycles. The molecule has 0 radical (unpaired) electrons. The van der Waals surface area contributed by atoms with Crippen molar-refractivity contribution in [2.45, 2.75) is 76.4 Å². The van der Waals surface area contributed by atoms with E-state index in [-0.39, 0.29) is 11.0 Å². The highest BCUT2D eigenvalue weighted by atomic mass is 16.6. The van der Waals surface area contributed by atoms with Gasteiger partial charge in [0.1, 0.15) is 5.60 Å². The molecule has 0 unspecified atom stereocenters. The molecule has 1 saturated heterocycles. The molecule has 1 aromatic rings. The van der Waals surface area contributed by atoms with Gasteiger partial charge in [-0.2, -0.15) is 0 Å². The summed E-state index contributed by atoms with van der Waals surface area (Å²) in [6, 6.07) is 3.95. The summed E-state index contributed by atoms with van der Waals surface area (Å²) >= 11 is 0. The zero-order valence-corrected chi connectivity index (χ0v) is 16.4. The van der Waals surface area contributed by atoms with E-state index >= 15 is 0 Å². The molecule has 4 rings (SSSR count). The minimum atomic E-state index is -1.06. The fraction of sp³-hybridized carbons (Fsp3) is 0.636. The van der Waals surface area contributed by atoms with E-state index in [4.69, 9.17) is 4.74 Å². The number of aromatic carboxylic acids is 1. The average molecular weight is 371 g/mol. The fourth-order valence-corrected chi connectivity index (χ4v) is 5.78. The van der Waals surface area contributed by atoms with E-state index in [2.05, 4.69) is 5.32 Å². The van der Waals surface area contributed by atoms with Gasteiger partial charge in [0.25, 0.3) is 0 Å². The van der Waals surface area contributed by atoms with Crippen molar-refractivity contribution >= 4 is 11.9 Å². The van der Waals surface area contributed by atoms with Gasteiger partial charge in [0.2, 0.25) is 0 Å². The van der Waals surface area contributed by atoms with Gasteiger partial charge in [0.05, 0.1) is 11.1 Å². The van der Waals surface area contributed by atoms with Gasteiger partial charge in [0.15, 0.2) is 0 Å². The van der Waals surface area contributed by atoms with E-state index in [0.717, 1.165) is 49.8 Å². The van der Waals surface area contributed by atoms with Crippen LogP contribution in [0.25, 0.3) is 0 Å². The monoisotopic (exact) mass is 371 g/mol. The molecular weight excluding hydrogens is 342 g/mol. The SMILES string of the molecule is CC(C)(C)OC(=O)c1c(C(=O)O)ccc2c1[C@]13CCCC[C@H]1[C@@H](C2)NCC3. The molecule has 1 heterocycles. The number of rotatable bonds is 2. The van der Waals surface area contributed by atoms with Crippen LogP contribution >= 0.6 is 0 Å². The van der Waals surface area contributed by atoms with Crippen LogP contribution in [-0.2, 0) is 16.6 Å². The van der Waals surface area contributed by atoms with E-state index in [0.29, 0.717) is 17.5 Å². The number of piperidine rings is 1. The number of benzene rings is 1. The Morgan fingerprint density at radius 1 is 1.22 bits per heavy atom. The first kappa shape index (κ1) is 18.5. The van der Waals surface area contributed by atoms with Gasteiger partial charge in [0, 0.05) is 11.5 Å². The second-order valence-electron chi connectivity index (χ2n) is 9.35. The number of carboxylic acids is 1. The van der Waals surface area contributed by atoms with E-state index in [1.165, 1.54) is 6.42 Å². The van der Waals surface area contributed by atoms with Gasteiger partial charge < -0.3 is 15.2 Å². The third-order valence-corrected chi connectivity index (χ3v) is 6.62. The molecule has 2 fully saturated rings. The minimum absolute atomic E-state index is 0.0821. The molecule has 5 heteroatoms. The van der Waals surface area contributed by atoms with Crippen molar-refractivity contribution in [2.75, 3.05) is 6.54 Å². The third kappa shape index (κ3) is 2.96. The lowest BCUT2D eigenvalue weighted by Gasteiger charge is -2.56. The van der Waals surface area contributed by atoms with Crippen molar-refractivity contribution in [1.29, 1.82) is 0 Å². The summed E-state index contributed by atoms with van der Waals surface area (Å²) < 4.78 is 5.68. The van der Waals surface area contributed by atoms with Gasteiger partial charge in [-0.1, -0.05) is 18.9 Å². The van der Waals surface area contributed by atoms with Crippen LogP contribution in [0.2, 0.25) is 0 Å². The molecule has 1 aliphatic heterocycles. The number of esters is 1. The Kier molecular flexibility index (Phi) is 4.34. The predicted octanol–water partition coefficient (Wildman–Crippen LogP) is 3.69. The normalized spacial score (nSPS) is 29.4. The van der Waals surface area contributed by atoms with Crippen LogP contribution < -0.4 is 5.32 Å². The molecular formula is C22H29NO4. The van der Waals surface area contributed by atoms with Gasteiger partial charge in [-0.05, 0) is 76.1 Å². The van der Waals surface area contributed by atoms with Crippen molar-refractivity contribution < 1.29 is 19.4 Å². The first-order valence-corrected chi connectivity index (χ1v) is 10.1. The maximum atomic E-state index is 13.2. The Hall–Kier alpha value is -1.88. The van der Waals surface area contributed by atoms with E-state index in [1.807, 2.05) is 26.8 Å². The second kappa shape index (κ2) is 6.33. The molecule has 3 atom stereocenters. The van der Waals surface area contributed by atoms with E-state index in [9.17, 15) is 14.7 Å². The number of nitrogens with one attached hydrogen (secondary N) is 1. The highest BCUT2D eigenvalue weighted by Crippen LogP contribution is 2.55. The zero-order valence-electron chi connectivity index (χ0n) is 16.4. The van der Waals surface area contributed by atoms with Crippen LogP contribution in [0.4, 0.5) is 0 Å². The molecule has 3 aliphatic rings. The summed E-state index contributed by atoms with van der Waals surface area (Å²) in [4.78, 5) is 25.2. The Morgan fingerprint density at radius 3 is 2.70 bits per heavy atom. The van der Waals surface area contributed by atoms with Crippen molar-refractivity contribution in [2.24, 2.45) is 5.92 Å². The van der Waals surface area contributed by atoms with Crippen LogP contribution in [0, 0.1) is 5.92 Å². The Labute approximate surface area is 160 Å².